The summed E-state index contributed by atoms with van der Waals surface area (Å²) in [5, 5.41) is 3.14. The van der Waals surface area contributed by atoms with Gasteiger partial charge in [-0.05, 0) is 67.8 Å². The molecule has 8 nitrogen and oxygen atoms in total. The van der Waals surface area contributed by atoms with Gasteiger partial charge in [-0.2, -0.15) is 0 Å². The highest BCUT2D eigenvalue weighted by atomic mass is 35.5. The van der Waals surface area contributed by atoms with Crippen molar-refractivity contribution in [1.29, 1.82) is 0 Å². The molecule has 0 heterocycles. The Morgan fingerprint density at radius 3 is 2.21 bits per heavy atom. The molecule has 1 N–H and O–H groups in total. The summed E-state index contributed by atoms with van der Waals surface area (Å²) in [4.78, 5) is 30.0. The molecule has 248 valence electrons. The molecule has 0 spiro atoms. The molecule has 4 aromatic carbocycles. The maximum absolute atomic E-state index is 14.6. The van der Waals surface area contributed by atoms with Crippen molar-refractivity contribution in [2.24, 2.45) is 0 Å². The third-order valence-electron chi connectivity index (χ3n) is 7.85. The van der Waals surface area contributed by atoms with Crippen molar-refractivity contribution in [1.82, 2.24) is 10.2 Å². The number of halogens is 2. The van der Waals surface area contributed by atoms with E-state index in [1.54, 1.807) is 43.5 Å². The second-order valence-corrected chi connectivity index (χ2v) is 13.9. The molecule has 0 aliphatic carbocycles. The van der Waals surface area contributed by atoms with Gasteiger partial charge in [0, 0.05) is 19.0 Å². The van der Waals surface area contributed by atoms with Crippen LogP contribution in [0.2, 0.25) is 10.0 Å². The van der Waals surface area contributed by atoms with E-state index in [1.165, 1.54) is 29.2 Å². The molecule has 0 unspecified atom stereocenters. The number of carbonyl (C=O) groups is 2. The van der Waals surface area contributed by atoms with Gasteiger partial charge in [0.1, 0.15) is 18.3 Å². The quantitative estimate of drug-likeness (QED) is 0.152. The van der Waals surface area contributed by atoms with E-state index >= 15 is 0 Å². The SMILES string of the molecule is CC[C@H](C)NC(=O)[C@@H](Cc1ccccc1)N(Cc1cccc(OC)c1)C(=O)CN(c1cccc(Cl)c1Cl)S(=O)(=O)c1ccc(C)cc1. The number of nitrogens with one attached hydrogen (secondary N) is 1. The van der Waals surface area contributed by atoms with Crippen LogP contribution in [0.3, 0.4) is 0 Å². The number of sulfonamides is 1. The van der Waals surface area contributed by atoms with Crippen LogP contribution >= 0.6 is 23.2 Å². The van der Waals surface area contributed by atoms with Crippen molar-refractivity contribution < 1.29 is 22.7 Å². The zero-order valence-electron chi connectivity index (χ0n) is 26.8. The van der Waals surface area contributed by atoms with Gasteiger partial charge in [0.2, 0.25) is 11.8 Å². The zero-order valence-corrected chi connectivity index (χ0v) is 29.1. The van der Waals surface area contributed by atoms with Crippen molar-refractivity contribution >= 4 is 50.7 Å². The number of hydrogen-bond donors (Lipinski definition) is 1. The van der Waals surface area contributed by atoms with Gasteiger partial charge in [-0.3, -0.25) is 13.9 Å². The first-order valence-corrected chi connectivity index (χ1v) is 17.4. The number of benzene rings is 4. The van der Waals surface area contributed by atoms with E-state index in [-0.39, 0.29) is 45.5 Å². The van der Waals surface area contributed by atoms with Crippen LogP contribution in [0.25, 0.3) is 0 Å². The summed E-state index contributed by atoms with van der Waals surface area (Å²) in [5.41, 5.74) is 2.44. The van der Waals surface area contributed by atoms with E-state index in [4.69, 9.17) is 27.9 Å². The van der Waals surface area contributed by atoms with Gasteiger partial charge in [-0.15, -0.1) is 0 Å². The van der Waals surface area contributed by atoms with Crippen LogP contribution in [0.1, 0.15) is 37.0 Å². The summed E-state index contributed by atoms with van der Waals surface area (Å²) in [5.74, 6) is -0.388. The maximum Gasteiger partial charge on any atom is 0.264 e. The van der Waals surface area contributed by atoms with Crippen LogP contribution in [0, 0.1) is 6.92 Å². The molecule has 0 radical (unpaired) electrons. The van der Waals surface area contributed by atoms with Crippen LogP contribution in [-0.2, 0) is 32.6 Å². The van der Waals surface area contributed by atoms with E-state index in [0.717, 1.165) is 15.4 Å². The number of rotatable bonds is 14. The van der Waals surface area contributed by atoms with Crippen LogP contribution in [-0.4, -0.2) is 50.9 Å². The lowest BCUT2D eigenvalue weighted by molar-refractivity contribution is -0.140. The number of carbonyl (C=O) groups excluding carboxylic acids is 2. The predicted octanol–water partition coefficient (Wildman–Crippen LogP) is 7.06. The lowest BCUT2D eigenvalue weighted by Gasteiger charge is -2.34. The molecule has 0 aliphatic rings. The fourth-order valence-corrected chi connectivity index (χ4v) is 6.87. The molecule has 0 aliphatic heterocycles. The highest BCUT2D eigenvalue weighted by Crippen LogP contribution is 2.36. The molecule has 4 rings (SSSR count). The van der Waals surface area contributed by atoms with Crippen molar-refractivity contribution in [2.75, 3.05) is 18.0 Å². The van der Waals surface area contributed by atoms with Crippen LogP contribution in [0.15, 0.2) is 102 Å². The van der Waals surface area contributed by atoms with Gasteiger partial charge in [0.25, 0.3) is 10.0 Å². The average molecular weight is 697 g/mol. The van der Waals surface area contributed by atoms with Crippen molar-refractivity contribution in [3.63, 3.8) is 0 Å². The normalized spacial score (nSPS) is 12.6. The molecule has 11 heteroatoms. The molecule has 0 aromatic heterocycles. The molecule has 0 saturated heterocycles. The Balaban J connectivity index is 1.85. The Hall–Kier alpha value is -4.05. The number of amides is 2. The first-order valence-electron chi connectivity index (χ1n) is 15.2. The Morgan fingerprint density at radius 2 is 1.55 bits per heavy atom. The standard InChI is InChI=1S/C36H39Cl2N3O5S/c1-5-26(3)39-36(43)33(22-27-11-7-6-8-12-27)40(23-28-13-9-14-29(21-28)46-4)34(42)24-41(32-16-10-15-31(37)35(32)38)47(44,45)30-19-17-25(2)18-20-30/h6-21,26,33H,5,22-24H2,1-4H3,(H,39,43)/t26-,33+/m0/s1. The topological polar surface area (TPSA) is 96.0 Å². The molecular formula is C36H39Cl2N3O5S. The molecule has 2 atom stereocenters. The van der Waals surface area contributed by atoms with Gasteiger partial charge < -0.3 is 15.0 Å². The van der Waals surface area contributed by atoms with Crippen molar-refractivity contribution in [3.05, 3.63) is 124 Å². The Labute approximate surface area is 287 Å². The zero-order chi connectivity index (χ0) is 34.1. The van der Waals surface area contributed by atoms with Crippen molar-refractivity contribution in [3.8, 4) is 5.75 Å². The lowest BCUT2D eigenvalue weighted by Crippen LogP contribution is -2.54. The first kappa shape index (κ1) is 35.8. The third-order valence-corrected chi connectivity index (χ3v) is 10.4. The minimum absolute atomic E-state index is 0.00313. The molecule has 47 heavy (non-hydrogen) atoms. The maximum atomic E-state index is 14.6. The Morgan fingerprint density at radius 1 is 0.894 bits per heavy atom. The number of ether oxygens (including phenoxy) is 1. The van der Waals surface area contributed by atoms with Crippen LogP contribution < -0.4 is 14.4 Å². The number of anilines is 1. The Kier molecular flexibility index (Phi) is 12.3. The van der Waals surface area contributed by atoms with Gasteiger partial charge in [-0.25, -0.2) is 8.42 Å². The highest BCUT2D eigenvalue weighted by molar-refractivity contribution is 7.92. The summed E-state index contributed by atoms with van der Waals surface area (Å²) < 4.78 is 34.9. The average Bonchev–Trinajstić information content (AvgIpc) is 3.07. The van der Waals surface area contributed by atoms with Gasteiger partial charge in [0.15, 0.2) is 0 Å². The van der Waals surface area contributed by atoms with Crippen LogP contribution in [0.4, 0.5) is 5.69 Å². The van der Waals surface area contributed by atoms with Crippen molar-refractivity contribution in [2.45, 2.75) is 57.1 Å². The van der Waals surface area contributed by atoms with E-state index in [1.807, 2.05) is 57.2 Å². The minimum atomic E-state index is -4.33. The molecule has 2 amide bonds. The minimum Gasteiger partial charge on any atom is -0.497 e. The number of hydrogen-bond acceptors (Lipinski definition) is 5. The third kappa shape index (κ3) is 9.06. The first-order chi connectivity index (χ1) is 22.4. The molecule has 4 aromatic rings. The van der Waals surface area contributed by atoms with Gasteiger partial charge in [0.05, 0.1) is 27.7 Å². The number of nitrogens with zero attached hydrogens (tertiary/aromatic N) is 2. The van der Waals surface area contributed by atoms with E-state index in [0.29, 0.717) is 17.7 Å². The fourth-order valence-electron chi connectivity index (χ4n) is 5.00. The molecule has 0 bridgehead atoms. The summed E-state index contributed by atoms with van der Waals surface area (Å²) in [6.45, 7) is 5.05. The fraction of sp³-hybridized carbons (Fsp3) is 0.278. The molecular weight excluding hydrogens is 657 g/mol. The van der Waals surface area contributed by atoms with Gasteiger partial charge in [-0.1, -0.05) is 96.4 Å². The summed E-state index contributed by atoms with van der Waals surface area (Å²) >= 11 is 12.9. The Bertz CT molecular complexity index is 1790. The number of aryl methyl sites for hydroxylation is 1. The second-order valence-electron chi connectivity index (χ2n) is 11.3. The van der Waals surface area contributed by atoms with E-state index in [2.05, 4.69) is 5.32 Å². The number of methoxy groups -OCH3 is 1. The summed E-state index contributed by atoms with van der Waals surface area (Å²) in [7, 11) is -2.78. The monoisotopic (exact) mass is 695 g/mol. The summed E-state index contributed by atoms with van der Waals surface area (Å²) in [6, 6.07) is 26.3. The summed E-state index contributed by atoms with van der Waals surface area (Å²) in [6.07, 6.45) is 0.880. The van der Waals surface area contributed by atoms with E-state index in [9.17, 15) is 18.0 Å². The highest BCUT2D eigenvalue weighted by Gasteiger charge is 2.35. The second kappa shape index (κ2) is 16.2. The van der Waals surface area contributed by atoms with E-state index < -0.39 is 28.5 Å². The largest absolute Gasteiger partial charge is 0.497 e. The van der Waals surface area contributed by atoms with Crippen LogP contribution in [0.5, 0.6) is 5.75 Å². The molecule has 0 fully saturated rings. The molecule has 0 saturated carbocycles. The lowest BCUT2D eigenvalue weighted by atomic mass is 10.0. The predicted molar refractivity (Wildman–Crippen MR) is 188 cm³/mol. The van der Waals surface area contributed by atoms with Gasteiger partial charge >= 0.3 is 0 Å². The smallest absolute Gasteiger partial charge is 0.264 e.